The van der Waals surface area contributed by atoms with Crippen molar-refractivity contribution in [3.63, 3.8) is 0 Å². The van der Waals surface area contributed by atoms with Crippen LogP contribution >= 0.6 is 11.6 Å². The van der Waals surface area contributed by atoms with Crippen molar-refractivity contribution < 1.29 is 9.72 Å². The number of carbonyl (C=O) groups is 1. The number of nitrogens with one attached hydrogen (secondary N) is 1. The van der Waals surface area contributed by atoms with Gasteiger partial charge in [0.05, 0.1) is 21.6 Å². The molecule has 5 nitrogen and oxygen atoms in total. The second-order valence-corrected chi connectivity index (χ2v) is 5.95. The molecule has 1 aliphatic carbocycles. The van der Waals surface area contributed by atoms with Crippen LogP contribution in [0.2, 0.25) is 5.02 Å². The van der Waals surface area contributed by atoms with Gasteiger partial charge < -0.3 is 5.32 Å². The maximum atomic E-state index is 12.5. The summed E-state index contributed by atoms with van der Waals surface area (Å²) in [6.45, 7) is 0. The van der Waals surface area contributed by atoms with Crippen molar-refractivity contribution >= 4 is 23.2 Å². The maximum Gasteiger partial charge on any atom is 0.270 e. The zero-order valence-corrected chi connectivity index (χ0v) is 13.0. The first-order chi connectivity index (χ1) is 11.1. The quantitative estimate of drug-likeness (QED) is 0.681. The van der Waals surface area contributed by atoms with E-state index in [0.29, 0.717) is 0 Å². The van der Waals surface area contributed by atoms with Crippen molar-refractivity contribution in [3.8, 4) is 0 Å². The number of aryl methyl sites for hydroxylation is 1. The molecule has 118 valence electrons. The van der Waals surface area contributed by atoms with Crippen molar-refractivity contribution in [2.45, 2.75) is 25.3 Å². The first kappa shape index (κ1) is 15.5. The van der Waals surface area contributed by atoms with Gasteiger partial charge in [-0.05, 0) is 36.5 Å². The van der Waals surface area contributed by atoms with Crippen LogP contribution in [-0.2, 0) is 6.42 Å². The van der Waals surface area contributed by atoms with Crippen LogP contribution in [0.4, 0.5) is 5.69 Å². The second-order valence-electron chi connectivity index (χ2n) is 5.54. The van der Waals surface area contributed by atoms with E-state index in [1.807, 2.05) is 18.2 Å². The van der Waals surface area contributed by atoms with E-state index >= 15 is 0 Å². The summed E-state index contributed by atoms with van der Waals surface area (Å²) < 4.78 is 0. The third-order valence-electron chi connectivity index (χ3n) is 4.08. The number of hydrogen-bond acceptors (Lipinski definition) is 3. The smallest absolute Gasteiger partial charge is 0.270 e. The average Bonchev–Trinajstić information content (AvgIpc) is 2.55. The molecule has 0 fully saturated rings. The first-order valence-electron chi connectivity index (χ1n) is 7.39. The summed E-state index contributed by atoms with van der Waals surface area (Å²) in [5, 5.41) is 13.8. The van der Waals surface area contributed by atoms with Crippen LogP contribution in [0.25, 0.3) is 0 Å². The molecule has 23 heavy (non-hydrogen) atoms. The van der Waals surface area contributed by atoms with Crippen molar-refractivity contribution in [2.24, 2.45) is 0 Å². The van der Waals surface area contributed by atoms with E-state index < -0.39 is 4.92 Å². The number of nitro benzene ring substituents is 1. The molecule has 1 N–H and O–H groups in total. The number of rotatable bonds is 3. The van der Waals surface area contributed by atoms with E-state index in [0.717, 1.165) is 24.8 Å². The lowest BCUT2D eigenvalue weighted by molar-refractivity contribution is -0.384. The van der Waals surface area contributed by atoms with E-state index in [2.05, 4.69) is 11.4 Å². The van der Waals surface area contributed by atoms with Crippen molar-refractivity contribution in [1.29, 1.82) is 0 Å². The Balaban J connectivity index is 1.82. The Morgan fingerprint density at radius 2 is 2.04 bits per heavy atom. The van der Waals surface area contributed by atoms with Gasteiger partial charge in [0.25, 0.3) is 11.6 Å². The molecule has 2 aromatic rings. The van der Waals surface area contributed by atoms with Crippen LogP contribution in [0.3, 0.4) is 0 Å². The lowest BCUT2D eigenvalue weighted by Crippen LogP contribution is -2.31. The fourth-order valence-corrected chi connectivity index (χ4v) is 3.20. The molecule has 0 saturated carbocycles. The number of amides is 1. The molecular formula is C17H15ClN2O3. The highest BCUT2D eigenvalue weighted by molar-refractivity contribution is 6.34. The lowest BCUT2D eigenvalue weighted by atomic mass is 9.87. The van der Waals surface area contributed by atoms with Crippen LogP contribution in [0.15, 0.2) is 42.5 Å². The molecule has 3 rings (SSSR count). The normalized spacial score (nSPS) is 16.5. The highest BCUT2D eigenvalue weighted by Gasteiger charge is 2.23. The minimum Gasteiger partial charge on any atom is -0.345 e. The molecule has 0 heterocycles. The van der Waals surface area contributed by atoms with Gasteiger partial charge in [-0.2, -0.15) is 0 Å². The number of non-ortho nitro benzene ring substituents is 1. The number of benzene rings is 2. The molecule has 0 radical (unpaired) electrons. The van der Waals surface area contributed by atoms with E-state index in [4.69, 9.17) is 11.6 Å². The zero-order chi connectivity index (χ0) is 16.4. The average molecular weight is 331 g/mol. The molecule has 2 aromatic carbocycles. The Bertz CT molecular complexity index is 776. The number of halogens is 1. The van der Waals surface area contributed by atoms with Gasteiger partial charge in [-0.15, -0.1) is 0 Å². The summed E-state index contributed by atoms with van der Waals surface area (Å²) in [4.78, 5) is 22.7. The summed E-state index contributed by atoms with van der Waals surface area (Å²) in [7, 11) is 0. The monoisotopic (exact) mass is 330 g/mol. The minimum atomic E-state index is -0.537. The highest BCUT2D eigenvalue weighted by Crippen LogP contribution is 2.30. The van der Waals surface area contributed by atoms with Crippen LogP contribution in [0.1, 0.15) is 40.4 Å². The van der Waals surface area contributed by atoms with Gasteiger partial charge in [-0.25, -0.2) is 0 Å². The van der Waals surface area contributed by atoms with Gasteiger partial charge in [0.15, 0.2) is 0 Å². The SMILES string of the molecule is O=C(N[C@@H]1CCCc2ccccc21)c1ccc([N+](=O)[O-])cc1Cl. The van der Waals surface area contributed by atoms with Gasteiger partial charge in [0, 0.05) is 12.1 Å². The molecular weight excluding hydrogens is 316 g/mol. The van der Waals surface area contributed by atoms with Gasteiger partial charge in [0.2, 0.25) is 0 Å². The summed E-state index contributed by atoms with van der Waals surface area (Å²) in [6, 6.07) is 11.9. The molecule has 0 spiro atoms. The summed E-state index contributed by atoms with van der Waals surface area (Å²) in [5.74, 6) is -0.313. The lowest BCUT2D eigenvalue weighted by Gasteiger charge is -2.26. The largest absolute Gasteiger partial charge is 0.345 e. The van der Waals surface area contributed by atoms with Gasteiger partial charge in [-0.1, -0.05) is 35.9 Å². The highest BCUT2D eigenvalue weighted by atomic mass is 35.5. The first-order valence-corrected chi connectivity index (χ1v) is 7.76. The summed E-state index contributed by atoms with van der Waals surface area (Å²) in [5.41, 5.74) is 2.50. The number of carbonyl (C=O) groups excluding carboxylic acids is 1. The standard InChI is InChI=1S/C17H15ClN2O3/c18-15-10-12(20(22)23)8-9-14(15)17(21)19-16-7-3-5-11-4-1-2-6-13(11)16/h1-2,4,6,8-10,16H,3,5,7H2,(H,19,21)/t16-/m1/s1. The van der Waals surface area contributed by atoms with E-state index in [1.54, 1.807) is 0 Å². The van der Waals surface area contributed by atoms with Crippen molar-refractivity contribution in [3.05, 3.63) is 74.3 Å². The second kappa shape index (κ2) is 6.38. The molecule has 0 unspecified atom stereocenters. The zero-order valence-electron chi connectivity index (χ0n) is 12.3. The Morgan fingerprint density at radius 1 is 1.26 bits per heavy atom. The predicted molar refractivity (Wildman–Crippen MR) is 87.7 cm³/mol. The molecule has 1 atom stereocenters. The van der Waals surface area contributed by atoms with Crippen LogP contribution < -0.4 is 5.32 Å². The van der Waals surface area contributed by atoms with Gasteiger partial charge in [0.1, 0.15) is 0 Å². The molecule has 0 aromatic heterocycles. The fourth-order valence-electron chi connectivity index (χ4n) is 2.94. The van der Waals surface area contributed by atoms with Crippen molar-refractivity contribution in [2.75, 3.05) is 0 Å². The molecule has 1 aliphatic rings. The molecule has 0 saturated heterocycles. The van der Waals surface area contributed by atoms with Crippen LogP contribution in [-0.4, -0.2) is 10.8 Å². The molecule has 0 aliphatic heterocycles. The Kier molecular flexibility index (Phi) is 4.30. The molecule has 6 heteroatoms. The van der Waals surface area contributed by atoms with Crippen LogP contribution in [0, 0.1) is 10.1 Å². The number of fused-ring (bicyclic) bond motifs is 1. The Labute approximate surface area is 138 Å². The Hall–Kier alpha value is -2.40. The van der Waals surface area contributed by atoms with E-state index in [-0.39, 0.29) is 28.2 Å². The molecule has 0 bridgehead atoms. The predicted octanol–water partition coefficient (Wildman–Crippen LogP) is 4.06. The summed E-state index contributed by atoms with van der Waals surface area (Å²) >= 11 is 6.02. The third-order valence-corrected chi connectivity index (χ3v) is 4.40. The van der Waals surface area contributed by atoms with E-state index in [9.17, 15) is 14.9 Å². The van der Waals surface area contributed by atoms with Gasteiger partial charge in [-0.3, -0.25) is 14.9 Å². The van der Waals surface area contributed by atoms with Crippen LogP contribution in [0.5, 0.6) is 0 Å². The number of nitro groups is 1. The summed E-state index contributed by atoms with van der Waals surface area (Å²) in [6.07, 6.45) is 2.89. The maximum absolute atomic E-state index is 12.5. The fraction of sp³-hybridized carbons (Fsp3) is 0.235. The molecule has 1 amide bonds. The number of nitrogens with zero attached hydrogens (tertiary/aromatic N) is 1. The number of hydrogen-bond donors (Lipinski definition) is 1. The third kappa shape index (κ3) is 3.19. The topological polar surface area (TPSA) is 72.2 Å². The van der Waals surface area contributed by atoms with Crippen molar-refractivity contribution in [1.82, 2.24) is 5.32 Å². The Morgan fingerprint density at radius 3 is 2.78 bits per heavy atom. The minimum absolute atomic E-state index is 0.0568. The van der Waals surface area contributed by atoms with E-state index in [1.165, 1.54) is 23.8 Å². The van der Waals surface area contributed by atoms with Gasteiger partial charge >= 0.3 is 0 Å².